The second-order valence-electron chi connectivity index (χ2n) is 6.91. The lowest BCUT2D eigenvalue weighted by molar-refractivity contribution is -0.879. The van der Waals surface area contributed by atoms with Gasteiger partial charge in [-0.05, 0) is 12.5 Å². The van der Waals surface area contributed by atoms with Crippen LogP contribution in [0, 0.1) is 0 Å². The first-order valence-corrected chi connectivity index (χ1v) is 9.81. The number of nitrogens with zero attached hydrogens (tertiary/aromatic N) is 2. The van der Waals surface area contributed by atoms with Gasteiger partial charge in [-0.15, -0.1) is 0 Å². The molecule has 0 radical (unpaired) electrons. The minimum atomic E-state index is -0.191. The lowest BCUT2D eigenvalue weighted by Crippen LogP contribution is -3.09. The normalized spacial score (nSPS) is 11.9. The number of aromatic nitrogens is 2. The summed E-state index contributed by atoms with van der Waals surface area (Å²) in [7, 11) is 2.19. The SMILES string of the molecule is CCCC[NH+](C)CCCNC(=O)CCn1nc(-c2ccccc2)ccc1=O. The van der Waals surface area contributed by atoms with Crippen molar-refractivity contribution in [2.45, 2.75) is 39.2 Å². The fourth-order valence-electron chi connectivity index (χ4n) is 2.89. The van der Waals surface area contributed by atoms with Gasteiger partial charge in [0.15, 0.2) is 0 Å². The molecule has 1 aromatic heterocycles. The van der Waals surface area contributed by atoms with Gasteiger partial charge < -0.3 is 10.2 Å². The van der Waals surface area contributed by atoms with Gasteiger partial charge in [0.25, 0.3) is 5.56 Å². The van der Waals surface area contributed by atoms with E-state index >= 15 is 0 Å². The van der Waals surface area contributed by atoms with E-state index in [4.69, 9.17) is 0 Å². The standard InChI is InChI=1S/C21H30N4O2/c1-3-4-15-24(2)16-8-14-22-20(26)13-17-25-21(27)12-11-19(23-25)18-9-6-5-7-10-18/h5-7,9-12H,3-4,8,13-17H2,1-2H3,(H,22,26)/p+1. The van der Waals surface area contributed by atoms with E-state index in [-0.39, 0.29) is 24.4 Å². The zero-order valence-electron chi connectivity index (χ0n) is 16.4. The molecule has 1 heterocycles. The Hall–Kier alpha value is -2.47. The molecule has 6 nitrogen and oxygen atoms in total. The van der Waals surface area contributed by atoms with Crippen LogP contribution in [0.25, 0.3) is 11.3 Å². The number of aryl methyl sites for hydroxylation is 1. The predicted molar refractivity (Wildman–Crippen MR) is 108 cm³/mol. The Morgan fingerprint density at radius 3 is 2.59 bits per heavy atom. The van der Waals surface area contributed by atoms with Crippen molar-refractivity contribution >= 4 is 5.91 Å². The van der Waals surface area contributed by atoms with Crippen LogP contribution in [0.2, 0.25) is 0 Å². The molecule has 0 aliphatic heterocycles. The van der Waals surface area contributed by atoms with E-state index in [1.807, 2.05) is 30.3 Å². The Morgan fingerprint density at radius 2 is 1.85 bits per heavy atom. The van der Waals surface area contributed by atoms with Gasteiger partial charge in [0.2, 0.25) is 5.91 Å². The van der Waals surface area contributed by atoms with Crippen LogP contribution in [-0.2, 0) is 11.3 Å². The Morgan fingerprint density at radius 1 is 1.11 bits per heavy atom. The van der Waals surface area contributed by atoms with Gasteiger partial charge in [-0.25, -0.2) is 4.68 Å². The van der Waals surface area contributed by atoms with E-state index in [0.717, 1.165) is 24.2 Å². The summed E-state index contributed by atoms with van der Waals surface area (Å²) in [4.78, 5) is 25.5. The van der Waals surface area contributed by atoms with Gasteiger partial charge in [-0.3, -0.25) is 9.59 Å². The van der Waals surface area contributed by atoms with E-state index < -0.39 is 0 Å². The number of nitrogens with one attached hydrogen (secondary N) is 2. The molecule has 1 atom stereocenters. The van der Waals surface area contributed by atoms with Crippen molar-refractivity contribution in [3.05, 3.63) is 52.8 Å². The first-order valence-electron chi connectivity index (χ1n) is 9.81. The maximum absolute atomic E-state index is 12.0. The average Bonchev–Trinajstić information content (AvgIpc) is 2.69. The van der Waals surface area contributed by atoms with Crippen molar-refractivity contribution in [1.29, 1.82) is 0 Å². The lowest BCUT2D eigenvalue weighted by Gasteiger charge is -2.13. The van der Waals surface area contributed by atoms with Gasteiger partial charge in [0, 0.05) is 31.0 Å². The third-order valence-electron chi connectivity index (χ3n) is 4.55. The number of hydrogen-bond donors (Lipinski definition) is 2. The summed E-state index contributed by atoms with van der Waals surface area (Å²) in [5.74, 6) is -0.0416. The lowest BCUT2D eigenvalue weighted by atomic mass is 10.1. The van der Waals surface area contributed by atoms with Crippen LogP contribution in [0.4, 0.5) is 0 Å². The number of unbranched alkanes of at least 4 members (excludes halogenated alkanes) is 1. The van der Waals surface area contributed by atoms with Crippen molar-refractivity contribution < 1.29 is 9.69 Å². The molecule has 0 aliphatic carbocycles. The van der Waals surface area contributed by atoms with Crippen LogP contribution in [0.5, 0.6) is 0 Å². The van der Waals surface area contributed by atoms with E-state index in [9.17, 15) is 9.59 Å². The molecule has 1 unspecified atom stereocenters. The van der Waals surface area contributed by atoms with Crippen molar-refractivity contribution in [1.82, 2.24) is 15.1 Å². The highest BCUT2D eigenvalue weighted by atomic mass is 16.2. The molecule has 0 aliphatic rings. The molecule has 1 amide bonds. The molecule has 1 aromatic carbocycles. The van der Waals surface area contributed by atoms with E-state index in [0.29, 0.717) is 6.54 Å². The van der Waals surface area contributed by atoms with E-state index in [2.05, 4.69) is 24.4 Å². The first-order chi connectivity index (χ1) is 13.1. The number of hydrogen-bond acceptors (Lipinski definition) is 3. The fraction of sp³-hybridized carbons (Fsp3) is 0.476. The third kappa shape index (κ3) is 7.35. The average molecular weight is 372 g/mol. The van der Waals surface area contributed by atoms with Gasteiger partial charge in [0.05, 0.1) is 32.4 Å². The summed E-state index contributed by atoms with van der Waals surface area (Å²) in [6.45, 7) is 5.39. The Kier molecular flexibility index (Phi) is 8.71. The molecule has 0 fully saturated rings. The molecule has 0 bridgehead atoms. The van der Waals surface area contributed by atoms with Crippen LogP contribution >= 0.6 is 0 Å². The number of carbonyl (C=O) groups excluding carboxylic acids is 1. The Labute approximate surface area is 161 Å². The van der Waals surface area contributed by atoms with Crippen LogP contribution in [-0.4, -0.2) is 42.4 Å². The van der Waals surface area contributed by atoms with Crippen molar-refractivity contribution in [3.63, 3.8) is 0 Å². The molecule has 6 heteroatoms. The van der Waals surface area contributed by atoms with Crippen molar-refractivity contribution in [2.75, 3.05) is 26.7 Å². The van der Waals surface area contributed by atoms with Crippen LogP contribution in [0.3, 0.4) is 0 Å². The fourth-order valence-corrected chi connectivity index (χ4v) is 2.89. The zero-order chi connectivity index (χ0) is 19.5. The quantitative estimate of drug-likeness (QED) is 0.582. The maximum atomic E-state index is 12.0. The largest absolute Gasteiger partial charge is 0.356 e. The van der Waals surface area contributed by atoms with Crippen molar-refractivity contribution in [3.8, 4) is 11.3 Å². The Balaban J connectivity index is 1.77. The summed E-state index contributed by atoms with van der Waals surface area (Å²) < 4.78 is 1.37. The van der Waals surface area contributed by atoms with Gasteiger partial charge in [0.1, 0.15) is 0 Å². The highest BCUT2D eigenvalue weighted by molar-refractivity contribution is 5.75. The molecule has 0 saturated heterocycles. The second-order valence-corrected chi connectivity index (χ2v) is 6.91. The van der Waals surface area contributed by atoms with Crippen molar-refractivity contribution in [2.24, 2.45) is 0 Å². The summed E-state index contributed by atoms with van der Waals surface area (Å²) >= 11 is 0. The summed E-state index contributed by atoms with van der Waals surface area (Å²) in [6, 6.07) is 12.9. The first kappa shape index (κ1) is 20.8. The molecule has 2 N–H and O–H groups in total. The van der Waals surface area contributed by atoms with E-state index in [1.165, 1.54) is 35.0 Å². The van der Waals surface area contributed by atoms with Crippen LogP contribution in [0.15, 0.2) is 47.3 Å². The van der Waals surface area contributed by atoms with Gasteiger partial charge in [-0.2, -0.15) is 5.10 Å². The maximum Gasteiger partial charge on any atom is 0.266 e. The predicted octanol–water partition coefficient (Wildman–Crippen LogP) is 1.12. The summed E-state index contributed by atoms with van der Waals surface area (Å²) in [6.07, 6.45) is 3.67. The number of rotatable bonds is 11. The molecule has 2 aromatic rings. The molecular weight excluding hydrogens is 340 g/mol. The Bertz CT molecular complexity index is 758. The molecular formula is C21H31N4O2+. The molecule has 27 heavy (non-hydrogen) atoms. The summed E-state index contributed by atoms with van der Waals surface area (Å²) in [5, 5.41) is 7.32. The highest BCUT2D eigenvalue weighted by Gasteiger charge is 2.07. The zero-order valence-corrected chi connectivity index (χ0v) is 16.4. The summed E-state index contributed by atoms with van der Waals surface area (Å²) in [5.41, 5.74) is 1.49. The molecule has 0 saturated carbocycles. The second kappa shape index (κ2) is 11.3. The smallest absolute Gasteiger partial charge is 0.266 e. The van der Waals surface area contributed by atoms with Crippen LogP contribution < -0.4 is 15.8 Å². The number of benzene rings is 1. The third-order valence-corrected chi connectivity index (χ3v) is 4.55. The monoisotopic (exact) mass is 371 g/mol. The molecule has 146 valence electrons. The minimum Gasteiger partial charge on any atom is -0.356 e. The number of quaternary nitrogens is 1. The van der Waals surface area contributed by atoms with E-state index in [1.54, 1.807) is 6.07 Å². The molecule has 0 spiro atoms. The van der Waals surface area contributed by atoms with Gasteiger partial charge in [-0.1, -0.05) is 43.7 Å². The number of carbonyl (C=O) groups is 1. The minimum absolute atomic E-state index is 0.0416. The van der Waals surface area contributed by atoms with Gasteiger partial charge >= 0.3 is 0 Å². The van der Waals surface area contributed by atoms with Crippen LogP contribution in [0.1, 0.15) is 32.6 Å². The topological polar surface area (TPSA) is 68.4 Å². The number of amides is 1. The highest BCUT2D eigenvalue weighted by Crippen LogP contribution is 2.13. The molecule has 2 rings (SSSR count).